The van der Waals surface area contributed by atoms with Gasteiger partial charge in [-0.3, -0.25) is 0 Å². The Morgan fingerprint density at radius 1 is 1.18 bits per heavy atom. The third-order valence-electron chi connectivity index (χ3n) is 2.77. The van der Waals surface area contributed by atoms with Crippen LogP contribution in [0.5, 0.6) is 0 Å². The SMILES string of the molecule is CC(C)(C)c1ccc(Cc2csc(N)n2)cc1. The van der Waals surface area contributed by atoms with E-state index in [0.717, 1.165) is 12.1 Å². The quantitative estimate of drug-likeness (QED) is 0.879. The van der Waals surface area contributed by atoms with Gasteiger partial charge in [0.15, 0.2) is 5.13 Å². The number of aromatic nitrogens is 1. The molecule has 0 aliphatic heterocycles. The average molecular weight is 246 g/mol. The molecule has 3 heteroatoms. The third kappa shape index (κ3) is 3.07. The van der Waals surface area contributed by atoms with Gasteiger partial charge < -0.3 is 5.73 Å². The smallest absolute Gasteiger partial charge is 0.180 e. The van der Waals surface area contributed by atoms with Crippen LogP contribution in [0.3, 0.4) is 0 Å². The molecule has 0 bridgehead atoms. The Kier molecular flexibility index (Phi) is 3.20. The van der Waals surface area contributed by atoms with E-state index in [9.17, 15) is 0 Å². The number of rotatable bonds is 2. The van der Waals surface area contributed by atoms with E-state index in [1.807, 2.05) is 5.38 Å². The zero-order valence-electron chi connectivity index (χ0n) is 10.5. The molecule has 0 radical (unpaired) electrons. The van der Waals surface area contributed by atoms with Gasteiger partial charge in [-0.25, -0.2) is 4.98 Å². The molecule has 1 aromatic carbocycles. The largest absolute Gasteiger partial charge is 0.375 e. The van der Waals surface area contributed by atoms with E-state index < -0.39 is 0 Å². The van der Waals surface area contributed by atoms with Gasteiger partial charge in [-0.15, -0.1) is 11.3 Å². The lowest BCUT2D eigenvalue weighted by atomic mass is 9.86. The Morgan fingerprint density at radius 2 is 1.82 bits per heavy atom. The molecule has 0 unspecified atom stereocenters. The lowest BCUT2D eigenvalue weighted by Gasteiger charge is -2.19. The molecule has 90 valence electrons. The van der Waals surface area contributed by atoms with E-state index in [2.05, 4.69) is 50.0 Å². The first-order chi connectivity index (χ1) is 7.95. The Hall–Kier alpha value is -1.35. The number of nitrogens with zero attached hydrogens (tertiary/aromatic N) is 1. The number of nitrogens with two attached hydrogens (primary N) is 1. The fourth-order valence-electron chi connectivity index (χ4n) is 1.74. The van der Waals surface area contributed by atoms with Crippen molar-refractivity contribution in [3.63, 3.8) is 0 Å². The zero-order valence-corrected chi connectivity index (χ0v) is 11.3. The summed E-state index contributed by atoms with van der Waals surface area (Å²) in [6, 6.07) is 8.75. The van der Waals surface area contributed by atoms with Crippen molar-refractivity contribution < 1.29 is 0 Å². The summed E-state index contributed by atoms with van der Waals surface area (Å²) in [5.41, 5.74) is 9.53. The van der Waals surface area contributed by atoms with Crippen LogP contribution in [0.15, 0.2) is 29.6 Å². The van der Waals surface area contributed by atoms with Crippen molar-refractivity contribution in [3.8, 4) is 0 Å². The number of anilines is 1. The van der Waals surface area contributed by atoms with E-state index in [0.29, 0.717) is 5.13 Å². The third-order valence-corrected chi connectivity index (χ3v) is 3.50. The van der Waals surface area contributed by atoms with Gasteiger partial charge in [-0.05, 0) is 16.5 Å². The van der Waals surface area contributed by atoms with Crippen molar-refractivity contribution in [1.82, 2.24) is 4.98 Å². The van der Waals surface area contributed by atoms with Gasteiger partial charge in [0.1, 0.15) is 0 Å². The van der Waals surface area contributed by atoms with Crippen LogP contribution in [-0.2, 0) is 11.8 Å². The standard InChI is InChI=1S/C14H18N2S/c1-14(2,3)11-6-4-10(5-7-11)8-12-9-17-13(15)16-12/h4-7,9H,8H2,1-3H3,(H2,15,16). The molecule has 17 heavy (non-hydrogen) atoms. The second kappa shape index (κ2) is 4.49. The summed E-state index contributed by atoms with van der Waals surface area (Å²) in [4.78, 5) is 4.27. The Labute approximate surface area is 107 Å². The predicted molar refractivity (Wildman–Crippen MR) is 74.5 cm³/mol. The molecule has 2 rings (SSSR count). The first-order valence-electron chi connectivity index (χ1n) is 5.74. The zero-order chi connectivity index (χ0) is 12.5. The Balaban J connectivity index is 2.13. The predicted octanol–water partition coefficient (Wildman–Crippen LogP) is 3.61. The van der Waals surface area contributed by atoms with Crippen molar-refractivity contribution in [2.24, 2.45) is 0 Å². The summed E-state index contributed by atoms with van der Waals surface area (Å²) in [5, 5.41) is 2.67. The molecule has 0 aliphatic carbocycles. The van der Waals surface area contributed by atoms with Gasteiger partial charge in [0.2, 0.25) is 0 Å². The highest BCUT2D eigenvalue weighted by Gasteiger charge is 2.12. The van der Waals surface area contributed by atoms with Crippen LogP contribution in [0.2, 0.25) is 0 Å². The van der Waals surface area contributed by atoms with E-state index in [-0.39, 0.29) is 5.41 Å². The first kappa shape index (κ1) is 12.1. The molecule has 0 amide bonds. The maximum Gasteiger partial charge on any atom is 0.180 e. The summed E-state index contributed by atoms with van der Waals surface area (Å²) in [6.07, 6.45) is 0.859. The average Bonchev–Trinajstić information content (AvgIpc) is 2.63. The molecule has 0 atom stereocenters. The molecule has 0 aliphatic rings. The van der Waals surface area contributed by atoms with Crippen LogP contribution >= 0.6 is 11.3 Å². The molecule has 0 saturated carbocycles. The van der Waals surface area contributed by atoms with Crippen molar-refractivity contribution in [1.29, 1.82) is 0 Å². The van der Waals surface area contributed by atoms with E-state index in [1.165, 1.54) is 22.5 Å². The molecule has 1 aromatic heterocycles. The second-order valence-corrected chi connectivity index (χ2v) is 6.19. The summed E-state index contributed by atoms with van der Waals surface area (Å²) in [7, 11) is 0. The Bertz CT molecular complexity index is 492. The maximum absolute atomic E-state index is 5.62. The van der Waals surface area contributed by atoms with E-state index >= 15 is 0 Å². The van der Waals surface area contributed by atoms with Gasteiger partial charge in [0, 0.05) is 11.8 Å². The van der Waals surface area contributed by atoms with Crippen molar-refractivity contribution in [3.05, 3.63) is 46.5 Å². The van der Waals surface area contributed by atoms with Gasteiger partial charge in [-0.2, -0.15) is 0 Å². The fourth-order valence-corrected chi connectivity index (χ4v) is 2.30. The molecule has 0 saturated heterocycles. The van der Waals surface area contributed by atoms with Crippen LogP contribution in [0, 0.1) is 0 Å². The number of nitrogen functional groups attached to an aromatic ring is 1. The molecule has 2 N–H and O–H groups in total. The van der Waals surface area contributed by atoms with Gasteiger partial charge >= 0.3 is 0 Å². The Morgan fingerprint density at radius 3 is 2.29 bits per heavy atom. The van der Waals surface area contributed by atoms with Gasteiger partial charge in [0.05, 0.1) is 5.69 Å². The molecular weight excluding hydrogens is 228 g/mol. The molecule has 2 nitrogen and oxygen atoms in total. The highest BCUT2D eigenvalue weighted by atomic mass is 32.1. The van der Waals surface area contributed by atoms with Crippen LogP contribution < -0.4 is 5.73 Å². The van der Waals surface area contributed by atoms with Gasteiger partial charge in [-0.1, -0.05) is 45.0 Å². The van der Waals surface area contributed by atoms with E-state index in [1.54, 1.807) is 0 Å². The summed E-state index contributed by atoms with van der Waals surface area (Å²) in [6.45, 7) is 6.68. The lowest BCUT2D eigenvalue weighted by Crippen LogP contribution is -2.10. The highest BCUT2D eigenvalue weighted by Crippen LogP contribution is 2.23. The topological polar surface area (TPSA) is 38.9 Å². The van der Waals surface area contributed by atoms with Gasteiger partial charge in [0.25, 0.3) is 0 Å². The monoisotopic (exact) mass is 246 g/mol. The molecule has 0 spiro atoms. The minimum absolute atomic E-state index is 0.212. The van der Waals surface area contributed by atoms with Crippen molar-refractivity contribution >= 4 is 16.5 Å². The van der Waals surface area contributed by atoms with Crippen LogP contribution in [-0.4, -0.2) is 4.98 Å². The number of hydrogen-bond donors (Lipinski definition) is 1. The molecule has 1 heterocycles. The molecule has 0 fully saturated rings. The minimum atomic E-state index is 0.212. The normalized spacial score (nSPS) is 11.7. The van der Waals surface area contributed by atoms with Crippen molar-refractivity contribution in [2.45, 2.75) is 32.6 Å². The number of thiazole rings is 1. The fraction of sp³-hybridized carbons (Fsp3) is 0.357. The minimum Gasteiger partial charge on any atom is -0.375 e. The van der Waals surface area contributed by atoms with Crippen LogP contribution in [0.1, 0.15) is 37.6 Å². The lowest BCUT2D eigenvalue weighted by molar-refractivity contribution is 0.590. The molecular formula is C14H18N2S. The summed E-state index contributed by atoms with van der Waals surface area (Å²) >= 11 is 1.50. The summed E-state index contributed by atoms with van der Waals surface area (Å²) < 4.78 is 0. The van der Waals surface area contributed by atoms with Crippen molar-refractivity contribution in [2.75, 3.05) is 5.73 Å². The highest BCUT2D eigenvalue weighted by molar-refractivity contribution is 7.13. The maximum atomic E-state index is 5.62. The summed E-state index contributed by atoms with van der Waals surface area (Å²) in [5.74, 6) is 0. The van der Waals surface area contributed by atoms with E-state index in [4.69, 9.17) is 5.73 Å². The second-order valence-electron chi connectivity index (χ2n) is 5.30. The van der Waals surface area contributed by atoms with Crippen LogP contribution in [0.25, 0.3) is 0 Å². The number of benzene rings is 1. The van der Waals surface area contributed by atoms with Crippen LogP contribution in [0.4, 0.5) is 5.13 Å². The number of hydrogen-bond acceptors (Lipinski definition) is 3. The first-order valence-corrected chi connectivity index (χ1v) is 6.62. The molecule has 2 aromatic rings.